The number of hydrogen-bond acceptors (Lipinski definition) is 4. The quantitative estimate of drug-likeness (QED) is 0.362. The normalized spacial score (nSPS) is 17.2. The van der Waals surface area contributed by atoms with E-state index in [0.717, 1.165) is 42.0 Å². The third-order valence-corrected chi connectivity index (χ3v) is 9.88. The van der Waals surface area contributed by atoms with Gasteiger partial charge in [-0.1, -0.05) is 67.3 Å². The fraction of sp³-hybridized carbons (Fsp3) is 0.400. The molecule has 1 N–H and O–H groups in total. The summed E-state index contributed by atoms with van der Waals surface area (Å²) in [4.78, 5) is 28.6. The van der Waals surface area contributed by atoms with Crippen LogP contribution in [0, 0.1) is 0 Å². The van der Waals surface area contributed by atoms with E-state index in [0.29, 0.717) is 22.0 Å². The lowest BCUT2D eigenvalue weighted by atomic mass is 9.95. The van der Waals surface area contributed by atoms with Crippen LogP contribution >= 0.6 is 11.6 Å². The molecule has 7 nitrogen and oxygen atoms in total. The summed E-state index contributed by atoms with van der Waals surface area (Å²) in [5, 5.41) is 5.30. The molecular formula is C30H34ClN3O4S. The van der Waals surface area contributed by atoms with Crippen molar-refractivity contribution in [2.24, 2.45) is 0 Å². The first-order chi connectivity index (χ1) is 18.8. The minimum Gasteiger partial charge on any atom is -0.352 e. The summed E-state index contributed by atoms with van der Waals surface area (Å²) in [6.07, 6.45) is 5.74. The summed E-state index contributed by atoms with van der Waals surface area (Å²) in [6, 6.07) is 17.6. The molecule has 1 saturated carbocycles. The van der Waals surface area contributed by atoms with Gasteiger partial charge in [0, 0.05) is 36.0 Å². The molecule has 3 aromatic carbocycles. The third kappa shape index (κ3) is 5.77. The Morgan fingerprint density at radius 2 is 1.77 bits per heavy atom. The molecule has 0 saturated heterocycles. The Kier molecular flexibility index (Phi) is 8.14. The lowest BCUT2D eigenvalue weighted by Crippen LogP contribution is -2.50. The highest BCUT2D eigenvalue weighted by molar-refractivity contribution is 7.93. The Morgan fingerprint density at radius 3 is 2.51 bits per heavy atom. The van der Waals surface area contributed by atoms with Crippen LogP contribution in [-0.4, -0.2) is 43.8 Å². The van der Waals surface area contributed by atoms with Crippen molar-refractivity contribution >= 4 is 49.9 Å². The van der Waals surface area contributed by atoms with E-state index in [2.05, 4.69) is 5.32 Å². The van der Waals surface area contributed by atoms with Crippen LogP contribution in [0.15, 0.2) is 65.6 Å². The van der Waals surface area contributed by atoms with Crippen molar-refractivity contribution in [1.82, 2.24) is 10.2 Å². The molecule has 2 amide bonds. The summed E-state index contributed by atoms with van der Waals surface area (Å²) in [7, 11) is -3.69. The average molecular weight is 568 g/mol. The van der Waals surface area contributed by atoms with E-state index in [1.807, 2.05) is 30.3 Å². The first kappa shape index (κ1) is 27.5. The van der Waals surface area contributed by atoms with Crippen LogP contribution in [0.1, 0.15) is 57.4 Å². The Morgan fingerprint density at radius 1 is 1.05 bits per heavy atom. The number of halogens is 1. The number of anilines is 1. The molecule has 0 radical (unpaired) electrons. The molecule has 0 bridgehead atoms. The smallest absolute Gasteiger partial charge is 0.265 e. The third-order valence-electron chi connectivity index (χ3n) is 7.79. The zero-order valence-corrected chi connectivity index (χ0v) is 23.7. The average Bonchev–Trinajstić information content (AvgIpc) is 3.15. The molecule has 1 atom stereocenters. The maximum absolute atomic E-state index is 13.6. The second-order valence-corrected chi connectivity index (χ2v) is 12.8. The summed E-state index contributed by atoms with van der Waals surface area (Å²) < 4.78 is 28.0. The van der Waals surface area contributed by atoms with Crippen molar-refractivity contribution in [1.29, 1.82) is 0 Å². The van der Waals surface area contributed by atoms with E-state index >= 15 is 0 Å². The van der Waals surface area contributed by atoms with Gasteiger partial charge < -0.3 is 10.2 Å². The Labute approximate surface area is 235 Å². The number of carbonyl (C=O) groups excluding carboxylic acids is 2. The lowest BCUT2D eigenvalue weighted by molar-refractivity contribution is -0.141. The topological polar surface area (TPSA) is 86.8 Å². The van der Waals surface area contributed by atoms with E-state index in [-0.39, 0.29) is 37.4 Å². The van der Waals surface area contributed by atoms with Gasteiger partial charge in [-0.2, -0.15) is 0 Å². The molecule has 1 aliphatic carbocycles. The zero-order chi connectivity index (χ0) is 27.6. The first-order valence-electron chi connectivity index (χ1n) is 13.6. The molecule has 0 aromatic heterocycles. The van der Waals surface area contributed by atoms with Gasteiger partial charge in [0.05, 0.1) is 10.6 Å². The minimum absolute atomic E-state index is 0.111. The summed E-state index contributed by atoms with van der Waals surface area (Å²) in [5.74, 6) is -0.366. The van der Waals surface area contributed by atoms with E-state index in [1.165, 1.54) is 10.7 Å². The molecule has 0 unspecified atom stereocenters. The molecule has 1 fully saturated rings. The molecule has 3 aromatic rings. The molecule has 39 heavy (non-hydrogen) atoms. The zero-order valence-electron chi connectivity index (χ0n) is 22.1. The van der Waals surface area contributed by atoms with Gasteiger partial charge in [0.1, 0.15) is 6.04 Å². The van der Waals surface area contributed by atoms with Crippen LogP contribution in [0.5, 0.6) is 0 Å². The van der Waals surface area contributed by atoms with Gasteiger partial charge in [-0.3, -0.25) is 13.9 Å². The second-order valence-electron chi connectivity index (χ2n) is 10.5. The molecular weight excluding hydrogens is 534 g/mol. The lowest BCUT2D eigenvalue weighted by Gasteiger charge is -2.31. The number of nitrogens with one attached hydrogen (secondary N) is 1. The van der Waals surface area contributed by atoms with Crippen molar-refractivity contribution in [2.75, 3.05) is 10.8 Å². The molecule has 1 aliphatic heterocycles. The number of amides is 2. The number of sulfonamides is 1. The molecule has 206 valence electrons. The fourth-order valence-corrected chi connectivity index (χ4v) is 7.66. The van der Waals surface area contributed by atoms with Crippen molar-refractivity contribution in [3.8, 4) is 0 Å². The summed E-state index contributed by atoms with van der Waals surface area (Å²) in [6.45, 7) is 2.17. The first-order valence-corrected chi connectivity index (χ1v) is 15.5. The maximum Gasteiger partial charge on any atom is 0.265 e. The van der Waals surface area contributed by atoms with Crippen molar-refractivity contribution < 1.29 is 18.0 Å². The molecule has 5 rings (SSSR count). The second kappa shape index (κ2) is 11.6. The minimum atomic E-state index is -3.69. The van der Waals surface area contributed by atoms with Crippen LogP contribution in [0.25, 0.3) is 10.8 Å². The van der Waals surface area contributed by atoms with E-state index in [9.17, 15) is 18.0 Å². The molecule has 1 heterocycles. The SMILES string of the molecule is C[C@H](C(=O)NC1CCCCC1)N(Cc1cccc(Cl)c1)C(=O)CCCN1c2cccc3cccc(c23)S1(=O)=O. The Hall–Kier alpha value is -3.10. The number of hydrogen-bond donors (Lipinski definition) is 1. The maximum atomic E-state index is 13.6. The number of carbonyl (C=O) groups is 2. The highest BCUT2D eigenvalue weighted by Gasteiger charge is 2.35. The van der Waals surface area contributed by atoms with Gasteiger partial charge in [0.25, 0.3) is 10.0 Å². The largest absolute Gasteiger partial charge is 0.352 e. The van der Waals surface area contributed by atoms with Crippen molar-refractivity contribution in [3.05, 3.63) is 71.2 Å². The van der Waals surface area contributed by atoms with Crippen LogP contribution in [-0.2, 0) is 26.2 Å². The van der Waals surface area contributed by atoms with Crippen LogP contribution < -0.4 is 9.62 Å². The van der Waals surface area contributed by atoms with E-state index < -0.39 is 16.1 Å². The van der Waals surface area contributed by atoms with Gasteiger partial charge in [-0.25, -0.2) is 8.42 Å². The van der Waals surface area contributed by atoms with Crippen molar-refractivity contribution in [2.45, 2.75) is 75.4 Å². The highest BCUT2D eigenvalue weighted by Crippen LogP contribution is 2.42. The predicted octanol–water partition coefficient (Wildman–Crippen LogP) is 5.65. The van der Waals surface area contributed by atoms with Crippen LogP contribution in [0.3, 0.4) is 0 Å². The van der Waals surface area contributed by atoms with Gasteiger partial charge in [-0.15, -0.1) is 0 Å². The highest BCUT2D eigenvalue weighted by atomic mass is 35.5. The number of rotatable bonds is 9. The molecule has 2 aliphatic rings. The van der Waals surface area contributed by atoms with E-state index in [1.54, 1.807) is 42.2 Å². The van der Waals surface area contributed by atoms with Crippen LogP contribution in [0.4, 0.5) is 5.69 Å². The standard InChI is InChI=1S/C30H34ClN3O4S/c1-21(30(36)32-25-13-3-2-4-14-25)33(20-22-9-5-12-24(31)19-22)28(35)17-8-18-34-26-15-6-10-23-11-7-16-27(29(23)26)39(34,37)38/h5-7,9-12,15-16,19,21,25H,2-4,8,13-14,17-18,20H2,1H3,(H,32,36)/t21-/m1/s1. The monoisotopic (exact) mass is 567 g/mol. The van der Waals surface area contributed by atoms with Gasteiger partial charge in [-0.05, 0) is 61.4 Å². The van der Waals surface area contributed by atoms with Gasteiger partial charge in [0.2, 0.25) is 11.8 Å². The van der Waals surface area contributed by atoms with E-state index in [4.69, 9.17) is 11.6 Å². The van der Waals surface area contributed by atoms with Gasteiger partial charge in [0.15, 0.2) is 0 Å². The Bertz CT molecular complexity index is 1480. The fourth-order valence-electron chi connectivity index (χ4n) is 5.70. The predicted molar refractivity (Wildman–Crippen MR) is 154 cm³/mol. The molecule has 0 spiro atoms. The van der Waals surface area contributed by atoms with Gasteiger partial charge >= 0.3 is 0 Å². The number of benzene rings is 3. The summed E-state index contributed by atoms with van der Waals surface area (Å²) >= 11 is 6.19. The van der Waals surface area contributed by atoms with Crippen molar-refractivity contribution in [3.63, 3.8) is 0 Å². The molecule has 9 heteroatoms. The summed E-state index contributed by atoms with van der Waals surface area (Å²) in [5.41, 5.74) is 1.48. The Balaban J connectivity index is 1.29. The number of nitrogens with zero attached hydrogens (tertiary/aromatic N) is 2. The van der Waals surface area contributed by atoms with Crippen LogP contribution in [0.2, 0.25) is 5.02 Å².